The van der Waals surface area contributed by atoms with Gasteiger partial charge in [0.05, 0.1) is 18.2 Å². The summed E-state index contributed by atoms with van der Waals surface area (Å²) < 4.78 is 5.81. The number of unbranched alkanes of at least 4 members (excludes halogenated alkanes) is 5. The average Bonchev–Trinajstić information content (AvgIpc) is 2.64. The zero-order chi connectivity index (χ0) is 17.0. The van der Waals surface area contributed by atoms with E-state index in [1.165, 1.54) is 32.1 Å². The first-order chi connectivity index (χ1) is 11.8. The number of hydrogen-bond donors (Lipinski definition) is 1. The smallest absolute Gasteiger partial charge is 0.119 e. The van der Waals surface area contributed by atoms with Gasteiger partial charge in [-0.2, -0.15) is 17.9 Å². The van der Waals surface area contributed by atoms with Gasteiger partial charge in [0.2, 0.25) is 0 Å². The predicted octanol–water partition coefficient (Wildman–Crippen LogP) is 5.87. The van der Waals surface area contributed by atoms with Gasteiger partial charge in [-0.3, -0.25) is 0 Å². The van der Waals surface area contributed by atoms with Crippen LogP contribution in [0.1, 0.15) is 44.1 Å². The van der Waals surface area contributed by atoms with Gasteiger partial charge < -0.3 is 4.74 Å². The summed E-state index contributed by atoms with van der Waals surface area (Å²) in [5, 5.41) is 8.84. The Morgan fingerprint density at radius 1 is 0.750 bits per heavy atom. The molecule has 0 unspecified atom stereocenters. The minimum Gasteiger partial charge on any atom is -0.494 e. The van der Waals surface area contributed by atoms with Crippen LogP contribution in [0.2, 0.25) is 0 Å². The lowest BCUT2D eigenvalue weighted by Crippen LogP contribution is -1.97. The Kier molecular flexibility index (Phi) is 8.27. The van der Waals surface area contributed by atoms with Crippen molar-refractivity contribution < 1.29 is 4.74 Å². The summed E-state index contributed by atoms with van der Waals surface area (Å²) >= 11 is 4.23. The summed E-state index contributed by atoms with van der Waals surface area (Å²) in [7, 11) is 0. The van der Waals surface area contributed by atoms with Crippen LogP contribution in [0.5, 0.6) is 5.75 Å². The highest BCUT2D eigenvalue weighted by Crippen LogP contribution is 2.23. The Morgan fingerprint density at radius 2 is 1.29 bits per heavy atom. The molecule has 0 fully saturated rings. The summed E-state index contributed by atoms with van der Waals surface area (Å²) in [6, 6.07) is 17.9. The molecule has 0 saturated carbocycles. The highest BCUT2D eigenvalue weighted by Gasteiger charge is 2.00. The Balaban J connectivity index is 1.71. The summed E-state index contributed by atoms with van der Waals surface area (Å²) in [5.41, 5.74) is 2.93. The molecule has 0 aliphatic rings. The van der Waals surface area contributed by atoms with E-state index in [-0.39, 0.29) is 0 Å². The third kappa shape index (κ3) is 6.29. The molecule has 0 aromatic heterocycles. The molecule has 0 aliphatic heterocycles. The van der Waals surface area contributed by atoms with Crippen molar-refractivity contribution in [3.63, 3.8) is 0 Å². The molecule has 0 saturated heterocycles. The van der Waals surface area contributed by atoms with Crippen LogP contribution in [-0.4, -0.2) is 12.4 Å². The van der Waals surface area contributed by atoms with Crippen molar-refractivity contribution >= 4 is 12.6 Å². The monoisotopic (exact) mass is 339 g/mol. The van der Waals surface area contributed by atoms with Gasteiger partial charge in [-0.25, -0.2) is 0 Å². The maximum absolute atomic E-state index is 8.84. The highest BCUT2D eigenvalue weighted by atomic mass is 32.1. The van der Waals surface area contributed by atoms with Crippen LogP contribution in [0.25, 0.3) is 11.1 Å². The van der Waals surface area contributed by atoms with E-state index in [9.17, 15) is 0 Å². The van der Waals surface area contributed by atoms with Crippen molar-refractivity contribution in [1.29, 1.82) is 5.26 Å². The fourth-order valence-electron chi connectivity index (χ4n) is 2.59. The van der Waals surface area contributed by atoms with E-state index in [2.05, 4.69) is 30.8 Å². The SMILES string of the molecule is N#Cc1ccc(-c2ccc(OCCCCCCCCS)cc2)cc1. The van der Waals surface area contributed by atoms with E-state index in [0.29, 0.717) is 5.56 Å². The molecule has 3 heteroatoms. The zero-order valence-electron chi connectivity index (χ0n) is 14.1. The summed E-state index contributed by atoms with van der Waals surface area (Å²) in [4.78, 5) is 0. The van der Waals surface area contributed by atoms with E-state index >= 15 is 0 Å². The second-order valence-electron chi connectivity index (χ2n) is 5.91. The quantitative estimate of drug-likeness (QED) is 0.433. The van der Waals surface area contributed by atoms with Gasteiger partial charge in [-0.1, -0.05) is 49.9 Å². The van der Waals surface area contributed by atoms with Crippen molar-refractivity contribution in [2.75, 3.05) is 12.4 Å². The molecule has 0 atom stereocenters. The van der Waals surface area contributed by atoms with Crippen LogP contribution in [0.3, 0.4) is 0 Å². The van der Waals surface area contributed by atoms with Crippen LogP contribution < -0.4 is 4.74 Å². The predicted molar refractivity (Wildman–Crippen MR) is 104 cm³/mol. The summed E-state index contributed by atoms with van der Waals surface area (Å²) in [6.07, 6.45) is 7.45. The van der Waals surface area contributed by atoms with E-state index in [4.69, 9.17) is 10.00 Å². The fourth-order valence-corrected chi connectivity index (χ4v) is 2.82. The molecule has 2 aromatic rings. The lowest BCUT2D eigenvalue weighted by molar-refractivity contribution is 0.304. The summed E-state index contributed by atoms with van der Waals surface area (Å²) in [6.45, 7) is 0.781. The molecule has 126 valence electrons. The van der Waals surface area contributed by atoms with Crippen molar-refractivity contribution in [2.24, 2.45) is 0 Å². The number of nitriles is 1. The largest absolute Gasteiger partial charge is 0.494 e. The van der Waals surface area contributed by atoms with E-state index < -0.39 is 0 Å². The van der Waals surface area contributed by atoms with Gasteiger partial charge in [-0.05, 0) is 54.0 Å². The molecule has 0 radical (unpaired) electrons. The van der Waals surface area contributed by atoms with Crippen LogP contribution in [0, 0.1) is 11.3 Å². The van der Waals surface area contributed by atoms with Crippen LogP contribution in [0.15, 0.2) is 48.5 Å². The van der Waals surface area contributed by atoms with Crippen molar-refractivity contribution in [2.45, 2.75) is 38.5 Å². The third-order valence-corrected chi connectivity index (χ3v) is 4.34. The van der Waals surface area contributed by atoms with E-state index in [1.807, 2.05) is 36.4 Å². The maximum Gasteiger partial charge on any atom is 0.119 e. The number of hydrogen-bond acceptors (Lipinski definition) is 3. The Hall–Kier alpha value is -1.92. The standard InChI is InChI=1S/C21H25NOS/c22-17-18-7-9-19(10-8-18)20-11-13-21(14-12-20)23-15-5-3-1-2-4-6-16-24/h7-14,24H,1-6,15-16H2. The first kappa shape index (κ1) is 18.4. The van der Waals surface area contributed by atoms with Gasteiger partial charge >= 0.3 is 0 Å². The molecule has 0 bridgehead atoms. The Morgan fingerprint density at radius 3 is 1.88 bits per heavy atom. The van der Waals surface area contributed by atoms with Gasteiger partial charge in [0, 0.05) is 0 Å². The molecule has 0 aliphatic carbocycles. The lowest BCUT2D eigenvalue weighted by atomic mass is 10.0. The molecule has 24 heavy (non-hydrogen) atoms. The van der Waals surface area contributed by atoms with Crippen molar-refractivity contribution in [3.8, 4) is 22.9 Å². The summed E-state index contributed by atoms with van der Waals surface area (Å²) in [5.74, 6) is 1.92. The third-order valence-electron chi connectivity index (χ3n) is 4.02. The molecule has 0 N–H and O–H groups in total. The first-order valence-electron chi connectivity index (χ1n) is 8.68. The van der Waals surface area contributed by atoms with Crippen LogP contribution in [0.4, 0.5) is 0 Å². The van der Waals surface area contributed by atoms with Crippen molar-refractivity contribution in [3.05, 3.63) is 54.1 Å². The lowest BCUT2D eigenvalue weighted by Gasteiger charge is -2.08. The molecular weight excluding hydrogens is 314 g/mol. The molecular formula is C21H25NOS. The molecule has 0 heterocycles. The minimum atomic E-state index is 0.685. The number of thiol groups is 1. The molecule has 2 nitrogen and oxygen atoms in total. The zero-order valence-corrected chi connectivity index (χ0v) is 15.0. The molecule has 0 amide bonds. The number of nitrogens with zero attached hydrogens (tertiary/aromatic N) is 1. The van der Waals surface area contributed by atoms with Crippen molar-refractivity contribution in [1.82, 2.24) is 0 Å². The van der Waals surface area contributed by atoms with Crippen LogP contribution in [-0.2, 0) is 0 Å². The average molecular weight is 340 g/mol. The highest BCUT2D eigenvalue weighted by molar-refractivity contribution is 7.80. The number of benzene rings is 2. The van der Waals surface area contributed by atoms with E-state index in [1.54, 1.807) is 0 Å². The normalized spacial score (nSPS) is 10.3. The first-order valence-corrected chi connectivity index (χ1v) is 9.31. The second kappa shape index (κ2) is 10.8. The topological polar surface area (TPSA) is 33.0 Å². The van der Waals surface area contributed by atoms with Crippen LogP contribution >= 0.6 is 12.6 Å². The van der Waals surface area contributed by atoms with Gasteiger partial charge in [0.25, 0.3) is 0 Å². The Bertz CT molecular complexity index is 628. The number of ether oxygens (including phenoxy) is 1. The minimum absolute atomic E-state index is 0.685. The number of rotatable bonds is 10. The fraction of sp³-hybridized carbons (Fsp3) is 0.381. The van der Waals surface area contributed by atoms with Gasteiger partial charge in [0.15, 0.2) is 0 Å². The van der Waals surface area contributed by atoms with Gasteiger partial charge in [-0.15, -0.1) is 0 Å². The maximum atomic E-state index is 8.84. The Labute approximate surface area is 150 Å². The van der Waals surface area contributed by atoms with Gasteiger partial charge in [0.1, 0.15) is 5.75 Å². The molecule has 0 spiro atoms. The molecule has 2 aromatic carbocycles. The van der Waals surface area contributed by atoms with E-state index in [0.717, 1.165) is 35.7 Å². The second-order valence-corrected chi connectivity index (χ2v) is 6.35. The molecule has 2 rings (SSSR count).